The van der Waals surface area contributed by atoms with E-state index in [-0.39, 0.29) is 5.91 Å². The number of nitrogens with zero attached hydrogens (tertiary/aromatic N) is 2. The summed E-state index contributed by atoms with van der Waals surface area (Å²) in [7, 11) is 2.14. The summed E-state index contributed by atoms with van der Waals surface area (Å²) in [5, 5.41) is 3.07. The van der Waals surface area contributed by atoms with Gasteiger partial charge in [0.25, 0.3) is 5.91 Å². The molecule has 0 bridgehead atoms. The van der Waals surface area contributed by atoms with Crippen LogP contribution in [0, 0.1) is 0 Å². The van der Waals surface area contributed by atoms with E-state index in [0.29, 0.717) is 12.2 Å². The third kappa shape index (κ3) is 4.55. The van der Waals surface area contributed by atoms with Crippen molar-refractivity contribution in [1.82, 2.24) is 4.90 Å². The predicted molar refractivity (Wildman–Crippen MR) is 106 cm³/mol. The van der Waals surface area contributed by atoms with Gasteiger partial charge in [-0.05, 0) is 37.7 Å². The van der Waals surface area contributed by atoms with Crippen LogP contribution in [-0.2, 0) is 4.79 Å². The number of likely N-dealkylation sites (N-methyl/N-ethyl adjacent to an activating group) is 1. The fraction of sp³-hybridized carbons (Fsp3) is 0.381. The van der Waals surface area contributed by atoms with E-state index in [1.807, 2.05) is 55.5 Å². The lowest BCUT2D eigenvalue weighted by molar-refractivity contribution is -0.122. The van der Waals surface area contributed by atoms with Crippen LogP contribution in [0.3, 0.4) is 0 Å². The number of para-hydroxylation sites is 3. The third-order valence-corrected chi connectivity index (χ3v) is 4.69. The molecule has 1 amide bonds. The van der Waals surface area contributed by atoms with E-state index in [4.69, 9.17) is 4.74 Å². The predicted octanol–water partition coefficient (Wildman–Crippen LogP) is 3.23. The Morgan fingerprint density at radius 1 is 1.04 bits per heavy atom. The van der Waals surface area contributed by atoms with Gasteiger partial charge >= 0.3 is 0 Å². The van der Waals surface area contributed by atoms with E-state index in [1.165, 1.54) is 0 Å². The summed E-state index contributed by atoms with van der Waals surface area (Å²) in [5.74, 6) is 0.597. The molecule has 138 valence electrons. The van der Waals surface area contributed by atoms with Crippen molar-refractivity contribution in [2.45, 2.75) is 19.4 Å². The van der Waals surface area contributed by atoms with E-state index in [1.54, 1.807) is 0 Å². The summed E-state index contributed by atoms with van der Waals surface area (Å²) < 4.78 is 5.86. The number of rotatable bonds is 6. The number of hydrogen-bond donors (Lipinski definition) is 1. The molecular formula is C21H27N3O2. The molecule has 5 nitrogen and oxygen atoms in total. The molecule has 0 aromatic heterocycles. The molecule has 3 rings (SSSR count). The van der Waals surface area contributed by atoms with Gasteiger partial charge in [0, 0.05) is 26.2 Å². The Morgan fingerprint density at radius 2 is 1.69 bits per heavy atom. The molecule has 0 unspecified atom stereocenters. The van der Waals surface area contributed by atoms with Crippen molar-refractivity contribution >= 4 is 17.3 Å². The number of piperazine rings is 1. The van der Waals surface area contributed by atoms with E-state index >= 15 is 0 Å². The average Bonchev–Trinajstić information content (AvgIpc) is 2.68. The molecule has 1 heterocycles. The van der Waals surface area contributed by atoms with Crippen LogP contribution in [0.4, 0.5) is 11.4 Å². The maximum atomic E-state index is 12.8. The Morgan fingerprint density at radius 3 is 2.38 bits per heavy atom. The molecule has 2 aromatic rings. The second-order valence-corrected chi connectivity index (χ2v) is 6.62. The zero-order valence-electron chi connectivity index (χ0n) is 15.5. The number of carbonyl (C=O) groups is 1. The van der Waals surface area contributed by atoms with Crippen LogP contribution >= 0.6 is 0 Å². The van der Waals surface area contributed by atoms with Gasteiger partial charge in [-0.3, -0.25) is 4.79 Å². The molecule has 1 fully saturated rings. The largest absolute Gasteiger partial charge is 0.481 e. The molecule has 1 atom stereocenters. The first kappa shape index (κ1) is 18.3. The molecule has 1 aliphatic heterocycles. The van der Waals surface area contributed by atoms with Gasteiger partial charge in [-0.1, -0.05) is 37.3 Å². The van der Waals surface area contributed by atoms with Crippen LogP contribution < -0.4 is 15.0 Å². The van der Waals surface area contributed by atoms with E-state index < -0.39 is 6.10 Å². The number of anilines is 2. The van der Waals surface area contributed by atoms with Gasteiger partial charge in [-0.25, -0.2) is 0 Å². The van der Waals surface area contributed by atoms with Gasteiger partial charge in [-0.2, -0.15) is 0 Å². The van der Waals surface area contributed by atoms with Crippen molar-refractivity contribution in [2.75, 3.05) is 43.4 Å². The summed E-state index contributed by atoms with van der Waals surface area (Å²) in [6.07, 6.45) is 0.0927. The molecule has 1 N–H and O–H groups in total. The number of hydrogen-bond acceptors (Lipinski definition) is 4. The van der Waals surface area contributed by atoms with Gasteiger partial charge in [-0.15, -0.1) is 0 Å². The van der Waals surface area contributed by atoms with Gasteiger partial charge in [0.15, 0.2) is 6.10 Å². The number of carbonyl (C=O) groups excluding carboxylic acids is 1. The first-order valence-corrected chi connectivity index (χ1v) is 9.22. The maximum Gasteiger partial charge on any atom is 0.265 e. The normalized spacial score (nSPS) is 16.2. The minimum absolute atomic E-state index is 0.113. The van der Waals surface area contributed by atoms with Crippen LogP contribution in [0.25, 0.3) is 0 Å². The summed E-state index contributed by atoms with van der Waals surface area (Å²) in [5.41, 5.74) is 1.92. The Hall–Kier alpha value is -2.53. The first-order valence-electron chi connectivity index (χ1n) is 9.22. The second-order valence-electron chi connectivity index (χ2n) is 6.62. The minimum Gasteiger partial charge on any atom is -0.481 e. The zero-order valence-corrected chi connectivity index (χ0v) is 15.5. The number of benzene rings is 2. The number of amides is 1. The van der Waals surface area contributed by atoms with Crippen LogP contribution in [0.5, 0.6) is 5.75 Å². The Bertz CT molecular complexity index is 712. The van der Waals surface area contributed by atoms with Crippen LogP contribution in [-0.4, -0.2) is 50.1 Å². The van der Waals surface area contributed by atoms with Gasteiger partial charge < -0.3 is 19.9 Å². The highest BCUT2D eigenvalue weighted by Crippen LogP contribution is 2.27. The van der Waals surface area contributed by atoms with Crippen molar-refractivity contribution in [3.63, 3.8) is 0 Å². The van der Waals surface area contributed by atoms with Crippen LogP contribution in [0.15, 0.2) is 54.6 Å². The lowest BCUT2D eigenvalue weighted by Gasteiger charge is -2.35. The summed E-state index contributed by atoms with van der Waals surface area (Å²) in [6, 6.07) is 17.5. The Balaban J connectivity index is 1.70. The highest BCUT2D eigenvalue weighted by molar-refractivity contribution is 5.97. The van der Waals surface area contributed by atoms with Crippen molar-refractivity contribution in [3.05, 3.63) is 54.6 Å². The van der Waals surface area contributed by atoms with Crippen molar-refractivity contribution in [1.29, 1.82) is 0 Å². The maximum absolute atomic E-state index is 12.8. The fourth-order valence-corrected chi connectivity index (χ4v) is 3.10. The monoisotopic (exact) mass is 353 g/mol. The smallest absolute Gasteiger partial charge is 0.265 e. The summed E-state index contributed by atoms with van der Waals surface area (Å²) in [4.78, 5) is 17.4. The quantitative estimate of drug-likeness (QED) is 0.866. The lowest BCUT2D eigenvalue weighted by atomic mass is 10.2. The van der Waals surface area contributed by atoms with E-state index in [2.05, 4.69) is 28.2 Å². The highest BCUT2D eigenvalue weighted by Gasteiger charge is 2.22. The van der Waals surface area contributed by atoms with Gasteiger partial charge in [0.05, 0.1) is 11.4 Å². The molecule has 0 radical (unpaired) electrons. The van der Waals surface area contributed by atoms with E-state index in [9.17, 15) is 4.79 Å². The molecule has 5 heteroatoms. The zero-order chi connectivity index (χ0) is 18.4. The Kier molecular flexibility index (Phi) is 6.12. The fourth-order valence-electron chi connectivity index (χ4n) is 3.10. The number of nitrogens with one attached hydrogen (secondary N) is 1. The topological polar surface area (TPSA) is 44.8 Å². The van der Waals surface area contributed by atoms with Gasteiger partial charge in [0.1, 0.15) is 5.75 Å². The molecule has 0 spiro atoms. The van der Waals surface area contributed by atoms with Crippen molar-refractivity contribution < 1.29 is 9.53 Å². The third-order valence-electron chi connectivity index (χ3n) is 4.69. The van der Waals surface area contributed by atoms with Crippen molar-refractivity contribution in [2.24, 2.45) is 0 Å². The molecule has 2 aromatic carbocycles. The molecule has 0 saturated carbocycles. The summed E-state index contributed by atoms with van der Waals surface area (Å²) >= 11 is 0. The molecule has 26 heavy (non-hydrogen) atoms. The number of ether oxygens (including phenoxy) is 1. The van der Waals surface area contributed by atoms with Crippen molar-refractivity contribution in [3.8, 4) is 5.75 Å². The molecule has 1 aliphatic rings. The lowest BCUT2D eigenvalue weighted by Crippen LogP contribution is -2.45. The second kappa shape index (κ2) is 8.72. The van der Waals surface area contributed by atoms with Gasteiger partial charge in [0.2, 0.25) is 0 Å². The Labute approximate surface area is 155 Å². The standard InChI is InChI=1S/C21H27N3O2/c1-3-20(26-17-9-5-4-6-10-17)21(25)22-18-11-7-8-12-19(18)24-15-13-23(2)14-16-24/h4-12,20H,3,13-16H2,1-2H3,(H,22,25)/t20-/m1/s1. The summed E-state index contributed by atoms with van der Waals surface area (Å²) in [6.45, 7) is 5.93. The average molecular weight is 353 g/mol. The molecular weight excluding hydrogens is 326 g/mol. The van der Waals surface area contributed by atoms with Crippen LogP contribution in [0.2, 0.25) is 0 Å². The molecule has 0 aliphatic carbocycles. The minimum atomic E-state index is -0.516. The van der Waals surface area contributed by atoms with E-state index in [0.717, 1.165) is 37.6 Å². The molecule has 1 saturated heterocycles. The van der Waals surface area contributed by atoms with Crippen LogP contribution in [0.1, 0.15) is 13.3 Å². The SMILES string of the molecule is CC[C@@H](Oc1ccccc1)C(=O)Nc1ccccc1N1CCN(C)CC1. The highest BCUT2D eigenvalue weighted by atomic mass is 16.5. The first-order chi connectivity index (χ1) is 12.7.